The van der Waals surface area contributed by atoms with Crippen LogP contribution in [0.1, 0.15) is 51.7 Å². The van der Waals surface area contributed by atoms with Crippen LogP contribution in [0.15, 0.2) is 35.3 Å². The molecule has 3 N–H and O–H groups in total. The van der Waals surface area contributed by atoms with Gasteiger partial charge in [0.1, 0.15) is 0 Å². The Labute approximate surface area is 164 Å². The molecule has 0 aliphatic heterocycles. The minimum absolute atomic E-state index is 0.0519. The van der Waals surface area contributed by atoms with Gasteiger partial charge in [-0.1, -0.05) is 43.7 Å². The van der Waals surface area contributed by atoms with Crippen LogP contribution >= 0.6 is 0 Å². The van der Waals surface area contributed by atoms with Gasteiger partial charge in [0.2, 0.25) is 0 Å². The van der Waals surface area contributed by atoms with Crippen LogP contribution in [0, 0.1) is 0 Å². The number of nitrogens with one attached hydrogen (secondary N) is 2. The molecule has 1 aromatic rings. The van der Waals surface area contributed by atoms with Crippen LogP contribution in [0.25, 0.3) is 0 Å². The number of unbranched alkanes of at least 4 members (excludes halogenated alkanes) is 1. The molecule has 0 amide bonds. The van der Waals surface area contributed by atoms with E-state index in [0.717, 1.165) is 51.1 Å². The lowest BCUT2D eigenvalue weighted by atomic mass is 10.1. The van der Waals surface area contributed by atoms with Gasteiger partial charge in [0.25, 0.3) is 0 Å². The Bertz CT molecular complexity index is 497. The Morgan fingerprint density at radius 3 is 2.56 bits per heavy atom. The van der Waals surface area contributed by atoms with Crippen molar-refractivity contribution in [3.8, 4) is 0 Å². The first-order valence-corrected chi connectivity index (χ1v) is 10.1. The first-order valence-electron chi connectivity index (χ1n) is 10.1. The normalized spacial score (nSPS) is 14.0. The van der Waals surface area contributed by atoms with Crippen molar-refractivity contribution in [2.45, 2.75) is 52.2 Å². The van der Waals surface area contributed by atoms with Crippen molar-refractivity contribution in [1.82, 2.24) is 10.6 Å². The average molecular weight is 380 g/mol. The van der Waals surface area contributed by atoms with Gasteiger partial charge in [-0.25, -0.2) is 0 Å². The summed E-state index contributed by atoms with van der Waals surface area (Å²) in [5.41, 5.74) is 1.10. The highest BCUT2D eigenvalue weighted by molar-refractivity contribution is 5.79. The van der Waals surface area contributed by atoms with Gasteiger partial charge in [0.05, 0.1) is 25.4 Å². The average Bonchev–Trinajstić information content (AvgIpc) is 2.70. The summed E-state index contributed by atoms with van der Waals surface area (Å²) in [6.07, 6.45) is 2.51. The summed E-state index contributed by atoms with van der Waals surface area (Å²) in [6.45, 7) is 9.86. The van der Waals surface area contributed by atoms with Gasteiger partial charge in [-0.2, -0.15) is 0 Å². The molecular formula is C21H37N3O3. The summed E-state index contributed by atoms with van der Waals surface area (Å²) < 4.78 is 11.3. The molecule has 0 radical (unpaired) electrons. The molecule has 1 aromatic carbocycles. The van der Waals surface area contributed by atoms with Gasteiger partial charge < -0.3 is 25.2 Å². The number of aliphatic hydroxyl groups excluding tert-OH is 1. The van der Waals surface area contributed by atoms with E-state index in [4.69, 9.17) is 9.47 Å². The summed E-state index contributed by atoms with van der Waals surface area (Å²) in [5, 5.41) is 16.6. The monoisotopic (exact) mass is 379 g/mol. The molecule has 154 valence electrons. The number of benzene rings is 1. The summed E-state index contributed by atoms with van der Waals surface area (Å²) in [5.74, 6) is 0.709. The fraction of sp³-hybridized carbons (Fsp3) is 0.667. The number of ether oxygens (including phenoxy) is 2. The lowest BCUT2D eigenvalue weighted by Gasteiger charge is -2.16. The molecule has 0 fully saturated rings. The number of nitrogens with zero attached hydrogens (tertiary/aromatic N) is 1. The van der Waals surface area contributed by atoms with E-state index in [1.807, 2.05) is 44.2 Å². The van der Waals surface area contributed by atoms with Crippen LogP contribution < -0.4 is 10.6 Å². The number of rotatable bonds is 14. The Morgan fingerprint density at radius 2 is 1.85 bits per heavy atom. The predicted octanol–water partition coefficient (Wildman–Crippen LogP) is 2.89. The topological polar surface area (TPSA) is 75.1 Å². The van der Waals surface area contributed by atoms with Crippen molar-refractivity contribution < 1.29 is 14.6 Å². The molecular weight excluding hydrogens is 342 g/mol. The third-order valence-electron chi connectivity index (χ3n) is 4.01. The number of guanidine groups is 1. The number of aliphatic imine (C=N–C) groups is 1. The van der Waals surface area contributed by atoms with E-state index in [1.165, 1.54) is 0 Å². The molecule has 0 saturated carbocycles. The molecule has 0 bridgehead atoms. The molecule has 0 spiro atoms. The third-order valence-corrected chi connectivity index (χ3v) is 4.01. The molecule has 27 heavy (non-hydrogen) atoms. The van der Waals surface area contributed by atoms with Crippen LogP contribution in [0.3, 0.4) is 0 Å². The lowest BCUT2D eigenvalue weighted by Crippen LogP contribution is -2.39. The van der Waals surface area contributed by atoms with Crippen LogP contribution in [0.5, 0.6) is 0 Å². The predicted molar refractivity (Wildman–Crippen MR) is 111 cm³/mol. The Balaban J connectivity index is 2.25. The summed E-state index contributed by atoms with van der Waals surface area (Å²) in [7, 11) is 0. The van der Waals surface area contributed by atoms with Gasteiger partial charge in [-0.3, -0.25) is 4.99 Å². The second-order valence-corrected chi connectivity index (χ2v) is 6.51. The molecule has 0 aliphatic carbocycles. The summed E-state index contributed by atoms with van der Waals surface area (Å²) in [4.78, 5) is 4.43. The van der Waals surface area contributed by atoms with Crippen molar-refractivity contribution in [2.24, 2.45) is 4.99 Å². The molecule has 0 heterocycles. The van der Waals surface area contributed by atoms with Crippen molar-refractivity contribution in [3.05, 3.63) is 35.9 Å². The third kappa shape index (κ3) is 11.6. The van der Waals surface area contributed by atoms with Crippen LogP contribution in [-0.2, 0) is 9.47 Å². The first kappa shape index (κ1) is 23.4. The minimum atomic E-state index is -0.635. The molecule has 0 aromatic heterocycles. The van der Waals surface area contributed by atoms with E-state index in [2.05, 4.69) is 22.5 Å². The quantitative estimate of drug-likeness (QED) is 0.263. The van der Waals surface area contributed by atoms with E-state index >= 15 is 0 Å². The van der Waals surface area contributed by atoms with Crippen LogP contribution in [0.4, 0.5) is 0 Å². The van der Waals surface area contributed by atoms with Gasteiger partial charge in [-0.15, -0.1) is 0 Å². The molecule has 0 saturated heterocycles. The summed E-state index contributed by atoms with van der Waals surface area (Å²) in [6, 6.07) is 9.99. The second kappa shape index (κ2) is 15.4. The maximum atomic E-state index is 10.1. The Hall–Kier alpha value is -1.63. The summed E-state index contributed by atoms with van der Waals surface area (Å²) >= 11 is 0. The fourth-order valence-corrected chi connectivity index (χ4v) is 2.40. The van der Waals surface area contributed by atoms with Gasteiger partial charge in [-0.05, 0) is 32.3 Å². The highest BCUT2D eigenvalue weighted by Gasteiger charge is 2.10. The SMILES string of the molecule is CCCCOCCCNC(=NCC(O)COC(C)c1ccccc1)NCC. The molecule has 2 atom stereocenters. The number of aliphatic hydroxyl groups is 1. The Kier molecular flexibility index (Phi) is 13.4. The second-order valence-electron chi connectivity index (χ2n) is 6.51. The first-order chi connectivity index (χ1) is 13.2. The van der Waals surface area contributed by atoms with E-state index in [0.29, 0.717) is 12.5 Å². The van der Waals surface area contributed by atoms with E-state index < -0.39 is 6.10 Å². The number of hydrogen-bond acceptors (Lipinski definition) is 4. The lowest BCUT2D eigenvalue weighted by molar-refractivity contribution is 0.00111. The molecule has 6 heteroatoms. The van der Waals surface area contributed by atoms with Gasteiger partial charge in [0, 0.05) is 26.3 Å². The highest BCUT2D eigenvalue weighted by atomic mass is 16.5. The van der Waals surface area contributed by atoms with Crippen LogP contribution in [-0.4, -0.2) is 56.6 Å². The van der Waals surface area contributed by atoms with E-state index in [9.17, 15) is 5.11 Å². The smallest absolute Gasteiger partial charge is 0.191 e. The zero-order valence-corrected chi connectivity index (χ0v) is 17.1. The highest BCUT2D eigenvalue weighted by Crippen LogP contribution is 2.15. The standard InChI is InChI=1S/C21H37N3O3/c1-4-6-14-26-15-10-13-23-21(22-5-2)24-16-20(25)17-27-18(3)19-11-8-7-9-12-19/h7-9,11-12,18,20,25H,4-6,10,13-17H2,1-3H3,(H2,22,23,24). The largest absolute Gasteiger partial charge is 0.389 e. The van der Waals surface area contributed by atoms with E-state index in [1.54, 1.807) is 0 Å². The number of hydrogen-bond donors (Lipinski definition) is 3. The van der Waals surface area contributed by atoms with Crippen LogP contribution in [0.2, 0.25) is 0 Å². The Morgan fingerprint density at radius 1 is 1.11 bits per heavy atom. The van der Waals surface area contributed by atoms with Crippen molar-refractivity contribution in [1.29, 1.82) is 0 Å². The van der Waals surface area contributed by atoms with Gasteiger partial charge >= 0.3 is 0 Å². The minimum Gasteiger partial charge on any atom is -0.389 e. The zero-order chi connectivity index (χ0) is 19.7. The van der Waals surface area contributed by atoms with Crippen molar-refractivity contribution >= 4 is 5.96 Å². The molecule has 2 unspecified atom stereocenters. The molecule has 1 rings (SSSR count). The zero-order valence-electron chi connectivity index (χ0n) is 17.1. The van der Waals surface area contributed by atoms with Gasteiger partial charge in [0.15, 0.2) is 5.96 Å². The maximum Gasteiger partial charge on any atom is 0.191 e. The van der Waals surface area contributed by atoms with E-state index in [-0.39, 0.29) is 12.7 Å². The fourth-order valence-electron chi connectivity index (χ4n) is 2.40. The van der Waals surface area contributed by atoms with Crippen molar-refractivity contribution in [3.63, 3.8) is 0 Å². The molecule has 6 nitrogen and oxygen atoms in total. The molecule has 0 aliphatic rings. The maximum absolute atomic E-state index is 10.1. The van der Waals surface area contributed by atoms with Crippen molar-refractivity contribution in [2.75, 3.05) is 39.5 Å².